The second-order valence-corrected chi connectivity index (χ2v) is 6.53. The first-order chi connectivity index (χ1) is 10.2. The zero-order valence-electron chi connectivity index (χ0n) is 14.6. The number of carbonyl (C=O) groups excluding carboxylic acids is 2. The summed E-state index contributed by atoms with van der Waals surface area (Å²) in [6, 6.07) is 7.03. The molecule has 0 aromatic heterocycles. The van der Waals surface area contributed by atoms with Gasteiger partial charge in [0.2, 0.25) is 5.91 Å². The number of nitrogens with one attached hydrogen (secondary N) is 1. The number of benzene rings is 1. The predicted octanol–water partition coefficient (Wildman–Crippen LogP) is 2.97. The fourth-order valence-electron chi connectivity index (χ4n) is 2.27. The molecular weight excluding hydrogens is 276 g/mol. The van der Waals surface area contributed by atoms with E-state index < -0.39 is 6.04 Å². The molecule has 2 amide bonds. The highest BCUT2D eigenvalue weighted by Crippen LogP contribution is 2.22. The van der Waals surface area contributed by atoms with Gasteiger partial charge in [-0.3, -0.25) is 9.59 Å². The Bertz CT molecular complexity index is 511. The molecule has 0 unspecified atom stereocenters. The third-order valence-electron chi connectivity index (χ3n) is 3.81. The van der Waals surface area contributed by atoms with Crippen molar-refractivity contribution in [1.82, 2.24) is 10.2 Å². The molecule has 1 N–H and O–H groups in total. The van der Waals surface area contributed by atoms with Crippen LogP contribution in [0, 0.1) is 0 Å². The summed E-state index contributed by atoms with van der Waals surface area (Å²) in [5.74, 6) is -0.266. The number of amides is 2. The van der Waals surface area contributed by atoms with E-state index in [9.17, 15) is 9.59 Å². The van der Waals surface area contributed by atoms with Gasteiger partial charge in [-0.1, -0.05) is 32.9 Å². The molecule has 1 aromatic rings. The second kappa shape index (κ2) is 7.43. The second-order valence-electron chi connectivity index (χ2n) is 6.53. The maximum Gasteiger partial charge on any atom is 0.251 e. The van der Waals surface area contributed by atoms with Gasteiger partial charge in [0.25, 0.3) is 5.91 Å². The molecule has 0 radical (unpaired) electrons. The summed E-state index contributed by atoms with van der Waals surface area (Å²) in [5, 5.41) is 2.77. The Hall–Kier alpha value is -1.84. The van der Waals surface area contributed by atoms with Crippen molar-refractivity contribution < 1.29 is 9.59 Å². The zero-order valence-corrected chi connectivity index (χ0v) is 14.6. The van der Waals surface area contributed by atoms with Crippen molar-refractivity contribution in [2.24, 2.45) is 0 Å². The molecule has 0 aliphatic heterocycles. The van der Waals surface area contributed by atoms with Gasteiger partial charge in [0.05, 0.1) is 0 Å². The highest BCUT2D eigenvalue weighted by atomic mass is 16.2. The van der Waals surface area contributed by atoms with Crippen molar-refractivity contribution in [3.63, 3.8) is 0 Å². The molecule has 0 aliphatic carbocycles. The van der Waals surface area contributed by atoms with Crippen molar-refractivity contribution in [2.75, 3.05) is 13.1 Å². The van der Waals surface area contributed by atoms with Gasteiger partial charge in [0.1, 0.15) is 6.04 Å². The minimum absolute atomic E-state index is 0.0512. The average molecular weight is 304 g/mol. The largest absolute Gasteiger partial charge is 0.341 e. The first kappa shape index (κ1) is 18.2. The number of hydrogen-bond donors (Lipinski definition) is 1. The van der Waals surface area contributed by atoms with E-state index in [2.05, 4.69) is 26.1 Å². The van der Waals surface area contributed by atoms with Crippen molar-refractivity contribution in [3.05, 3.63) is 35.4 Å². The monoisotopic (exact) mass is 304 g/mol. The van der Waals surface area contributed by atoms with E-state index in [1.165, 1.54) is 5.56 Å². The van der Waals surface area contributed by atoms with Gasteiger partial charge in [0.15, 0.2) is 0 Å². The summed E-state index contributed by atoms with van der Waals surface area (Å²) in [6.45, 7) is 13.3. The third-order valence-corrected chi connectivity index (χ3v) is 3.81. The fraction of sp³-hybridized carbons (Fsp3) is 0.556. The van der Waals surface area contributed by atoms with Crippen molar-refractivity contribution >= 4 is 11.8 Å². The van der Waals surface area contributed by atoms with Crippen molar-refractivity contribution in [1.29, 1.82) is 0 Å². The van der Waals surface area contributed by atoms with E-state index >= 15 is 0 Å². The summed E-state index contributed by atoms with van der Waals surface area (Å²) >= 11 is 0. The van der Waals surface area contributed by atoms with Gasteiger partial charge in [-0.25, -0.2) is 0 Å². The van der Waals surface area contributed by atoms with Crippen LogP contribution >= 0.6 is 0 Å². The molecule has 1 rings (SSSR count). The van der Waals surface area contributed by atoms with Gasteiger partial charge >= 0.3 is 0 Å². The minimum atomic E-state index is -0.519. The SMILES string of the molecule is CCN(CC)C(=O)[C@H](C)NC(=O)c1ccc(C(C)(C)C)cc1. The smallest absolute Gasteiger partial charge is 0.251 e. The number of hydrogen-bond acceptors (Lipinski definition) is 2. The highest BCUT2D eigenvalue weighted by Gasteiger charge is 2.21. The summed E-state index contributed by atoms with van der Waals surface area (Å²) in [6.07, 6.45) is 0. The molecule has 0 fully saturated rings. The van der Waals surface area contributed by atoms with E-state index in [0.29, 0.717) is 18.7 Å². The first-order valence-corrected chi connectivity index (χ1v) is 7.90. The quantitative estimate of drug-likeness (QED) is 0.909. The van der Waals surface area contributed by atoms with Gasteiger partial charge in [-0.05, 0) is 43.9 Å². The molecule has 0 aliphatic rings. The molecule has 0 saturated carbocycles. The van der Waals surface area contributed by atoms with E-state index in [-0.39, 0.29) is 17.2 Å². The first-order valence-electron chi connectivity index (χ1n) is 7.90. The predicted molar refractivity (Wildman–Crippen MR) is 90.0 cm³/mol. The van der Waals surface area contributed by atoms with E-state index in [1.54, 1.807) is 11.8 Å². The van der Waals surface area contributed by atoms with E-state index in [4.69, 9.17) is 0 Å². The van der Waals surface area contributed by atoms with Crippen LogP contribution < -0.4 is 5.32 Å². The van der Waals surface area contributed by atoms with Crippen LogP contribution in [-0.4, -0.2) is 35.8 Å². The van der Waals surface area contributed by atoms with Crippen LogP contribution in [0.1, 0.15) is 57.5 Å². The molecule has 1 atom stereocenters. The fourth-order valence-corrected chi connectivity index (χ4v) is 2.27. The Morgan fingerprint density at radius 2 is 1.59 bits per heavy atom. The number of carbonyl (C=O) groups is 2. The number of likely N-dealkylation sites (N-methyl/N-ethyl adjacent to an activating group) is 1. The summed E-state index contributed by atoms with van der Waals surface area (Å²) < 4.78 is 0. The Morgan fingerprint density at radius 1 is 1.09 bits per heavy atom. The van der Waals surface area contributed by atoms with Crippen LogP contribution in [0.4, 0.5) is 0 Å². The van der Waals surface area contributed by atoms with E-state index in [1.807, 2.05) is 38.1 Å². The molecule has 0 heterocycles. The van der Waals surface area contributed by atoms with Gasteiger partial charge < -0.3 is 10.2 Å². The Balaban J connectivity index is 2.75. The highest BCUT2D eigenvalue weighted by molar-refractivity contribution is 5.97. The molecule has 122 valence electrons. The molecule has 4 nitrogen and oxygen atoms in total. The van der Waals surface area contributed by atoms with Crippen LogP contribution in [0.5, 0.6) is 0 Å². The third kappa shape index (κ3) is 4.58. The Morgan fingerprint density at radius 3 is 2.00 bits per heavy atom. The van der Waals surface area contributed by atoms with Crippen LogP contribution in [0.15, 0.2) is 24.3 Å². The van der Waals surface area contributed by atoms with Crippen LogP contribution in [-0.2, 0) is 10.2 Å². The molecule has 0 saturated heterocycles. The molecule has 1 aromatic carbocycles. The molecule has 0 spiro atoms. The standard InChI is InChI=1S/C18H28N2O2/c1-7-20(8-2)17(22)13(3)19-16(21)14-9-11-15(12-10-14)18(4,5)6/h9-13H,7-8H2,1-6H3,(H,19,21)/t13-/m0/s1. The lowest BCUT2D eigenvalue weighted by Crippen LogP contribution is -2.46. The summed E-state index contributed by atoms with van der Waals surface area (Å²) in [7, 11) is 0. The van der Waals surface area contributed by atoms with E-state index in [0.717, 1.165) is 0 Å². The summed E-state index contributed by atoms with van der Waals surface area (Å²) in [5.41, 5.74) is 1.81. The molecule has 0 bridgehead atoms. The topological polar surface area (TPSA) is 49.4 Å². The Labute approximate surface area is 133 Å². The lowest BCUT2D eigenvalue weighted by molar-refractivity contribution is -0.132. The Kier molecular flexibility index (Phi) is 6.15. The van der Waals surface area contributed by atoms with Gasteiger partial charge in [-0.2, -0.15) is 0 Å². The van der Waals surface area contributed by atoms with Crippen LogP contribution in [0.25, 0.3) is 0 Å². The molecule has 4 heteroatoms. The molecule has 22 heavy (non-hydrogen) atoms. The van der Waals surface area contributed by atoms with Crippen molar-refractivity contribution in [2.45, 2.75) is 53.0 Å². The number of rotatable bonds is 5. The average Bonchev–Trinajstić information content (AvgIpc) is 2.47. The maximum absolute atomic E-state index is 12.2. The molecular formula is C18H28N2O2. The van der Waals surface area contributed by atoms with Crippen LogP contribution in [0.3, 0.4) is 0 Å². The van der Waals surface area contributed by atoms with Crippen molar-refractivity contribution in [3.8, 4) is 0 Å². The maximum atomic E-state index is 12.2. The van der Waals surface area contributed by atoms with Gasteiger partial charge in [0, 0.05) is 18.7 Å². The summed E-state index contributed by atoms with van der Waals surface area (Å²) in [4.78, 5) is 26.1. The minimum Gasteiger partial charge on any atom is -0.341 e. The lowest BCUT2D eigenvalue weighted by Gasteiger charge is -2.23. The zero-order chi connectivity index (χ0) is 16.9. The normalized spacial score (nSPS) is 12.6. The number of nitrogens with zero attached hydrogens (tertiary/aromatic N) is 1. The lowest BCUT2D eigenvalue weighted by atomic mass is 9.86. The van der Waals surface area contributed by atoms with Gasteiger partial charge in [-0.15, -0.1) is 0 Å². The van der Waals surface area contributed by atoms with Crippen LogP contribution in [0.2, 0.25) is 0 Å².